The summed E-state index contributed by atoms with van der Waals surface area (Å²) in [6, 6.07) is 9.69. The highest BCUT2D eigenvalue weighted by atomic mass is 15.2. The monoisotopic (exact) mass is 246 g/mol. The summed E-state index contributed by atoms with van der Waals surface area (Å²) in [5.41, 5.74) is 9.46. The molecule has 2 N–H and O–H groups in total. The fourth-order valence-corrected chi connectivity index (χ4v) is 2.90. The SMILES string of the molecule is CC(N(C)C1Cc2ccccc2C1N)C(C)(C)C. The molecule has 1 aliphatic rings. The Morgan fingerprint density at radius 3 is 2.44 bits per heavy atom. The predicted octanol–water partition coefficient (Wildman–Crippen LogP) is 2.98. The van der Waals surface area contributed by atoms with Crippen molar-refractivity contribution >= 4 is 0 Å². The molecule has 3 unspecified atom stereocenters. The largest absolute Gasteiger partial charge is 0.323 e. The standard InChI is InChI=1S/C16H26N2/c1-11(16(2,3)4)18(5)14-10-12-8-6-7-9-13(12)15(14)17/h6-9,11,14-15H,10,17H2,1-5H3. The minimum Gasteiger partial charge on any atom is -0.323 e. The van der Waals surface area contributed by atoms with Crippen molar-refractivity contribution in [2.75, 3.05) is 7.05 Å². The summed E-state index contributed by atoms with van der Waals surface area (Å²) < 4.78 is 0. The third-order valence-electron chi connectivity index (χ3n) is 4.65. The molecule has 2 rings (SSSR count). The van der Waals surface area contributed by atoms with Crippen molar-refractivity contribution in [1.82, 2.24) is 4.90 Å². The van der Waals surface area contributed by atoms with Gasteiger partial charge in [-0.15, -0.1) is 0 Å². The Labute approximate surface area is 111 Å². The van der Waals surface area contributed by atoms with Gasteiger partial charge in [-0.2, -0.15) is 0 Å². The molecule has 0 aromatic heterocycles. The molecule has 2 heteroatoms. The lowest BCUT2D eigenvalue weighted by molar-refractivity contribution is 0.0896. The van der Waals surface area contributed by atoms with Crippen LogP contribution >= 0.6 is 0 Å². The number of rotatable bonds is 2. The minimum atomic E-state index is 0.149. The lowest BCUT2D eigenvalue weighted by Crippen LogP contribution is -2.48. The van der Waals surface area contributed by atoms with Crippen molar-refractivity contribution in [1.29, 1.82) is 0 Å². The number of likely N-dealkylation sites (N-methyl/N-ethyl adjacent to an activating group) is 1. The van der Waals surface area contributed by atoms with Crippen molar-refractivity contribution in [3.63, 3.8) is 0 Å². The maximum absolute atomic E-state index is 6.43. The molecule has 1 aromatic carbocycles. The second-order valence-corrected chi connectivity index (χ2v) is 6.70. The first-order chi connectivity index (χ1) is 8.32. The average Bonchev–Trinajstić information content (AvgIpc) is 2.64. The molecule has 0 heterocycles. The van der Waals surface area contributed by atoms with E-state index >= 15 is 0 Å². The molecule has 0 amide bonds. The summed E-state index contributed by atoms with van der Waals surface area (Å²) in [4.78, 5) is 2.46. The Balaban J connectivity index is 2.19. The second-order valence-electron chi connectivity index (χ2n) is 6.70. The van der Waals surface area contributed by atoms with E-state index in [1.165, 1.54) is 11.1 Å². The number of hydrogen-bond acceptors (Lipinski definition) is 2. The Bertz CT molecular complexity index is 419. The average molecular weight is 246 g/mol. The van der Waals surface area contributed by atoms with Gasteiger partial charge in [0.25, 0.3) is 0 Å². The van der Waals surface area contributed by atoms with Gasteiger partial charge in [-0.3, -0.25) is 4.90 Å². The van der Waals surface area contributed by atoms with Crippen LogP contribution in [-0.4, -0.2) is 24.0 Å². The van der Waals surface area contributed by atoms with E-state index in [0.29, 0.717) is 12.1 Å². The van der Waals surface area contributed by atoms with Gasteiger partial charge in [0.15, 0.2) is 0 Å². The predicted molar refractivity (Wildman–Crippen MR) is 77.5 cm³/mol. The van der Waals surface area contributed by atoms with Crippen molar-refractivity contribution in [3.05, 3.63) is 35.4 Å². The summed E-state index contributed by atoms with van der Waals surface area (Å²) in [6.07, 6.45) is 1.08. The van der Waals surface area contributed by atoms with E-state index in [9.17, 15) is 0 Å². The van der Waals surface area contributed by atoms with E-state index in [2.05, 4.69) is 63.9 Å². The third kappa shape index (κ3) is 2.32. The fraction of sp³-hybridized carbons (Fsp3) is 0.625. The van der Waals surface area contributed by atoms with Crippen LogP contribution in [0.15, 0.2) is 24.3 Å². The zero-order valence-corrected chi connectivity index (χ0v) is 12.3. The van der Waals surface area contributed by atoms with Crippen molar-refractivity contribution in [3.8, 4) is 0 Å². The summed E-state index contributed by atoms with van der Waals surface area (Å²) >= 11 is 0. The summed E-state index contributed by atoms with van der Waals surface area (Å²) in [6.45, 7) is 9.18. The molecular weight excluding hydrogens is 220 g/mol. The number of benzene rings is 1. The second kappa shape index (κ2) is 4.67. The zero-order valence-electron chi connectivity index (χ0n) is 12.3. The molecule has 0 saturated carbocycles. The quantitative estimate of drug-likeness (QED) is 0.869. The van der Waals surface area contributed by atoms with Crippen molar-refractivity contribution in [2.45, 2.75) is 52.2 Å². The Morgan fingerprint density at radius 1 is 1.28 bits per heavy atom. The molecule has 1 aromatic rings. The maximum Gasteiger partial charge on any atom is 0.0459 e. The van der Waals surface area contributed by atoms with Gasteiger partial charge in [0.2, 0.25) is 0 Å². The van der Waals surface area contributed by atoms with E-state index in [1.807, 2.05) is 0 Å². The normalized spacial score (nSPS) is 25.3. The first-order valence-electron chi connectivity index (χ1n) is 6.87. The number of fused-ring (bicyclic) bond motifs is 1. The Hall–Kier alpha value is -0.860. The van der Waals surface area contributed by atoms with Crippen LogP contribution in [0.4, 0.5) is 0 Å². The lowest BCUT2D eigenvalue weighted by Gasteiger charge is -2.40. The molecule has 3 atom stereocenters. The molecule has 0 saturated heterocycles. The first kappa shape index (κ1) is 13.6. The van der Waals surface area contributed by atoms with Gasteiger partial charge in [-0.1, -0.05) is 45.0 Å². The minimum absolute atomic E-state index is 0.149. The highest BCUT2D eigenvalue weighted by Crippen LogP contribution is 2.35. The van der Waals surface area contributed by atoms with E-state index in [-0.39, 0.29) is 11.5 Å². The van der Waals surface area contributed by atoms with E-state index < -0.39 is 0 Å². The highest BCUT2D eigenvalue weighted by Gasteiger charge is 2.36. The van der Waals surface area contributed by atoms with Crippen LogP contribution in [0.25, 0.3) is 0 Å². The fourth-order valence-electron chi connectivity index (χ4n) is 2.90. The molecule has 0 aliphatic heterocycles. The first-order valence-corrected chi connectivity index (χ1v) is 6.87. The topological polar surface area (TPSA) is 29.3 Å². The van der Waals surface area contributed by atoms with Crippen molar-refractivity contribution in [2.24, 2.45) is 11.1 Å². The smallest absolute Gasteiger partial charge is 0.0459 e. The summed E-state index contributed by atoms with van der Waals surface area (Å²) in [5.74, 6) is 0. The number of hydrogen-bond donors (Lipinski definition) is 1. The maximum atomic E-state index is 6.43. The van der Waals surface area contributed by atoms with Crippen LogP contribution in [-0.2, 0) is 6.42 Å². The van der Waals surface area contributed by atoms with Gasteiger partial charge in [0.05, 0.1) is 0 Å². The highest BCUT2D eigenvalue weighted by molar-refractivity contribution is 5.36. The zero-order chi connectivity index (χ0) is 13.5. The summed E-state index contributed by atoms with van der Waals surface area (Å²) in [7, 11) is 2.21. The molecule has 0 bridgehead atoms. The Kier molecular flexibility index (Phi) is 3.52. The molecule has 100 valence electrons. The van der Waals surface area contributed by atoms with Crippen LogP contribution in [0, 0.1) is 5.41 Å². The van der Waals surface area contributed by atoms with Crippen LogP contribution in [0.2, 0.25) is 0 Å². The molecule has 1 aliphatic carbocycles. The van der Waals surface area contributed by atoms with Crippen LogP contribution < -0.4 is 5.73 Å². The van der Waals surface area contributed by atoms with Crippen molar-refractivity contribution < 1.29 is 0 Å². The molecule has 2 nitrogen and oxygen atoms in total. The van der Waals surface area contributed by atoms with Crippen LogP contribution in [0.1, 0.15) is 44.9 Å². The lowest BCUT2D eigenvalue weighted by atomic mass is 9.86. The van der Waals surface area contributed by atoms with E-state index in [4.69, 9.17) is 5.73 Å². The van der Waals surface area contributed by atoms with Gasteiger partial charge >= 0.3 is 0 Å². The van der Waals surface area contributed by atoms with Gasteiger partial charge < -0.3 is 5.73 Å². The number of nitrogens with zero attached hydrogens (tertiary/aromatic N) is 1. The van der Waals surface area contributed by atoms with E-state index in [0.717, 1.165) is 6.42 Å². The third-order valence-corrected chi connectivity index (χ3v) is 4.65. The van der Waals surface area contributed by atoms with E-state index in [1.54, 1.807) is 0 Å². The molecule has 18 heavy (non-hydrogen) atoms. The van der Waals surface area contributed by atoms with Gasteiger partial charge in [0.1, 0.15) is 0 Å². The summed E-state index contributed by atoms with van der Waals surface area (Å²) in [5, 5.41) is 0. The van der Waals surface area contributed by atoms with Gasteiger partial charge in [-0.25, -0.2) is 0 Å². The van der Waals surface area contributed by atoms with Gasteiger partial charge in [0, 0.05) is 18.1 Å². The number of nitrogens with two attached hydrogens (primary N) is 1. The van der Waals surface area contributed by atoms with Crippen LogP contribution in [0.5, 0.6) is 0 Å². The molecule has 0 spiro atoms. The molecule has 0 radical (unpaired) electrons. The molecule has 0 fully saturated rings. The van der Waals surface area contributed by atoms with Crippen LogP contribution in [0.3, 0.4) is 0 Å². The Morgan fingerprint density at radius 2 is 1.89 bits per heavy atom. The molecular formula is C16H26N2. The van der Waals surface area contributed by atoms with Gasteiger partial charge in [-0.05, 0) is 36.9 Å².